The predicted molar refractivity (Wildman–Crippen MR) is 60.1 cm³/mol. The van der Waals surface area contributed by atoms with Gasteiger partial charge < -0.3 is 0 Å². The van der Waals surface area contributed by atoms with Crippen LogP contribution in [0.5, 0.6) is 0 Å². The van der Waals surface area contributed by atoms with E-state index in [1.807, 2.05) is 6.07 Å². The Morgan fingerprint density at radius 1 is 1.29 bits per heavy atom. The molecule has 1 aliphatic carbocycles. The maximum Gasteiger partial charge on any atom is 0.131 e. The van der Waals surface area contributed by atoms with Gasteiger partial charge in [-0.15, -0.1) is 0 Å². The minimum absolute atomic E-state index is 0.223. The molecule has 1 aromatic rings. The Kier molecular flexibility index (Phi) is 3.70. The Morgan fingerprint density at radius 2 is 2.00 bits per heavy atom. The van der Waals surface area contributed by atoms with Gasteiger partial charge in [-0.25, -0.2) is 8.78 Å². The van der Waals surface area contributed by atoms with Crippen LogP contribution < -0.4 is 5.32 Å². The summed E-state index contributed by atoms with van der Waals surface area (Å²) in [6.07, 6.45) is 4.31. The highest BCUT2D eigenvalue weighted by Gasteiger charge is 2.22. The first-order chi connectivity index (χ1) is 8.20. The van der Waals surface area contributed by atoms with Crippen LogP contribution in [0.2, 0.25) is 0 Å². The Hall–Kier alpha value is -1.47. The van der Waals surface area contributed by atoms with Crippen molar-refractivity contribution < 1.29 is 8.78 Å². The zero-order valence-electron chi connectivity index (χ0n) is 9.42. The number of nitrogens with one attached hydrogen (secondary N) is 1. The lowest BCUT2D eigenvalue weighted by Crippen LogP contribution is -2.30. The second-order valence-corrected chi connectivity index (χ2v) is 4.38. The van der Waals surface area contributed by atoms with E-state index in [0.29, 0.717) is 0 Å². The zero-order valence-corrected chi connectivity index (χ0v) is 9.42. The first kappa shape index (κ1) is 12.0. The van der Waals surface area contributed by atoms with Gasteiger partial charge in [0.15, 0.2) is 0 Å². The summed E-state index contributed by atoms with van der Waals surface area (Å²) >= 11 is 0. The van der Waals surface area contributed by atoms with Gasteiger partial charge in [0, 0.05) is 17.7 Å². The fourth-order valence-electron chi connectivity index (χ4n) is 2.26. The van der Waals surface area contributed by atoms with Crippen molar-refractivity contribution >= 4 is 0 Å². The number of benzene rings is 1. The molecule has 0 bridgehead atoms. The standard InChI is InChI=1S/C13H14F2N2/c14-9-5-6-11(12(15)7-9)13(8-16)17-10-3-1-2-4-10/h5-7,10,13,17H,1-4H2. The maximum atomic E-state index is 13.5. The number of halogens is 2. The summed E-state index contributed by atoms with van der Waals surface area (Å²) in [5.41, 5.74) is 0.223. The molecule has 1 fully saturated rings. The van der Waals surface area contributed by atoms with Crippen molar-refractivity contribution in [3.63, 3.8) is 0 Å². The lowest BCUT2D eigenvalue weighted by atomic mass is 10.1. The van der Waals surface area contributed by atoms with Gasteiger partial charge in [0.1, 0.15) is 17.7 Å². The summed E-state index contributed by atoms with van der Waals surface area (Å²) in [5, 5.41) is 12.2. The molecular formula is C13H14F2N2. The van der Waals surface area contributed by atoms with E-state index < -0.39 is 17.7 Å². The highest BCUT2D eigenvalue weighted by Crippen LogP contribution is 2.23. The van der Waals surface area contributed by atoms with Crippen LogP contribution >= 0.6 is 0 Å². The van der Waals surface area contributed by atoms with E-state index in [4.69, 9.17) is 5.26 Å². The van der Waals surface area contributed by atoms with Crippen LogP contribution in [0.4, 0.5) is 8.78 Å². The maximum absolute atomic E-state index is 13.5. The van der Waals surface area contributed by atoms with Crippen molar-refractivity contribution in [2.75, 3.05) is 0 Å². The summed E-state index contributed by atoms with van der Waals surface area (Å²) in [6, 6.07) is 4.93. The fraction of sp³-hybridized carbons (Fsp3) is 0.462. The topological polar surface area (TPSA) is 35.8 Å². The molecule has 1 unspecified atom stereocenters. The normalized spacial score (nSPS) is 17.9. The van der Waals surface area contributed by atoms with Crippen LogP contribution in [0.1, 0.15) is 37.3 Å². The molecule has 1 N–H and O–H groups in total. The van der Waals surface area contributed by atoms with Crippen LogP contribution in [-0.4, -0.2) is 6.04 Å². The van der Waals surface area contributed by atoms with Crippen molar-refractivity contribution in [2.45, 2.75) is 37.8 Å². The lowest BCUT2D eigenvalue weighted by Gasteiger charge is -2.17. The molecule has 0 aliphatic heterocycles. The Balaban J connectivity index is 2.14. The van der Waals surface area contributed by atoms with Gasteiger partial charge in [0.25, 0.3) is 0 Å². The van der Waals surface area contributed by atoms with Crippen LogP contribution in [-0.2, 0) is 0 Å². The number of hydrogen-bond donors (Lipinski definition) is 1. The monoisotopic (exact) mass is 236 g/mol. The van der Waals surface area contributed by atoms with E-state index in [-0.39, 0.29) is 11.6 Å². The molecule has 4 heteroatoms. The molecule has 1 saturated carbocycles. The van der Waals surface area contributed by atoms with Crippen molar-refractivity contribution in [2.24, 2.45) is 0 Å². The molecular weight excluding hydrogens is 222 g/mol. The molecule has 0 aromatic heterocycles. The van der Waals surface area contributed by atoms with E-state index >= 15 is 0 Å². The van der Waals surface area contributed by atoms with E-state index in [1.54, 1.807) is 0 Å². The minimum Gasteiger partial charge on any atom is -0.295 e. The number of hydrogen-bond acceptors (Lipinski definition) is 2. The van der Waals surface area contributed by atoms with Gasteiger partial charge in [0.2, 0.25) is 0 Å². The van der Waals surface area contributed by atoms with Gasteiger partial charge in [-0.1, -0.05) is 18.9 Å². The van der Waals surface area contributed by atoms with E-state index in [9.17, 15) is 8.78 Å². The summed E-state index contributed by atoms with van der Waals surface area (Å²) < 4.78 is 26.3. The third-order valence-electron chi connectivity index (χ3n) is 3.16. The first-order valence-corrected chi connectivity index (χ1v) is 5.81. The Bertz CT molecular complexity index is 434. The second kappa shape index (κ2) is 5.24. The summed E-state index contributed by atoms with van der Waals surface area (Å²) in [6.45, 7) is 0. The minimum atomic E-state index is -0.696. The first-order valence-electron chi connectivity index (χ1n) is 5.81. The molecule has 90 valence electrons. The Labute approximate surface area is 99.3 Å². The third-order valence-corrected chi connectivity index (χ3v) is 3.16. The summed E-state index contributed by atoms with van der Waals surface area (Å²) in [7, 11) is 0. The van der Waals surface area contributed by atoms with Crippen molar-refractivity contribution in [1.82, 2.24) is 5.32 Å². The molecule has 1 aromatic carbocycles. The molecule has 1 aliphatic rings. The average molecular weight is 236 g/mol. The van der Waals surface area contributed by atoms with Gasteiger partial charge in [-0.3, -0.25) is 5.32 Å². The lowest BCUT2D eigenvalue weighted by molar-refractivity contribution is 0.474. The smallest absolute Gasteiger partial charge is 0.131 e. The molecule has 0 radical (unpaired) electrons. The van der Waals surface area contributed by atoms with Crippen molar-refractivity contribution in [3.05, 3.63) is 35.4 Å². The largest absolute Gasteiger partial charge is 0.295 e. The SMILES string of the molecule is N#CC(NC1CCCC1)c1ccc(F)cc1F. The third kappa shape index (κ3) is 2.80. The van der Waals surface area contributed by atoms with E-state index in [2.05, 4.69) is 5.32 Å². The number of nitriles is 1. The van der Waals surface area contributed by atoms with E-state index in [0.717, 1.165) is 31.7 Å². The van der Waals surface area contributed by atoms with Crippen molar-refractivity contribution in [1.29, 1.82) is 5.26 Å². The van der Waals surface area contributed by atoms with Crippen LogP contribution in [0.15, 0.2) is 18.2 Å². The molecule has 0 amide bonds. The second-order valence-electron chi connectivity index (χ2n) is 4.38. The highest BCUT2D eigenvalue weighted by molar-refractivity contribution is 5.26. The summed E-state index contributed by atoms with van der Waals surface area (Å²) in [4.78, 5) is 0. The average Bonchev–Trinajstić information content (AvgIpc) is 2.79. The molecule has 0 saturated heterocycles. The van der Waals surface area contributed by atoms with E-state index in [1.165, 1.54) is 12.1 Å². The molecule has 2 nitrogen and oxygen atoms in total. The van der Waals surface area contributed by atoms with Crippen LogP contribution in [0, 0.1) is 23.0 Å². The predicted octanol–water partition coefficient (Wildman–Crippen LogP) is 3.06. The molecule has 1 atom stereocenters. The number of rotatable bonds is 3. The summed E-state index contributed by atoms with van der Waals surface area (Å²) in [5.74, 6) is -1.29. The molecule has 17 heavy (non-hydrogen) atoms. The van der Waals surface area contributed by atoms with Gasteiger partial charge in [-0.2, -0.15) is 5.26 Å². The zero-order chi connectivity index (χ0) is 12.3. The molecule has 2 rings (SSSR count). The van der Waals surface area contributed by atoms with Crippen LogP contribution in [0.25, 0.3) is 0 Å². The molecule has 0 spiro atoms. The van der Waals surface area contributed by atoms with Gasteiger partial charge in [-0.05, 0) is 18.9 Å². The highest BCUT2D eigenvalue weighted by atomic mass is 19.1. The van der Waals surface area contributed by atoms with Crippen molar-refractivity contribution in [3.8, 4) is 6.07 Å². The Morgan fingerprint density at radius 3 is 2.59 bits per heavy atom. The van der Waals surface area contributed by atoms with Gasteiger partial charge >= 0.3 is 0 Å². The quantitative estimate of drug-likeness (QED) is 0.875. The van der Waals surface area contributed by atoms with Crippen LogP contribution in [0.3, 0.4) is 0 Å². The molecule has 0 heterocycles. The van der Waals surface area contributed by atoms with Gasteiger partial charge in [0.05, 0.1) is 6.07 Å². The fourth-order valence-corrected chi connectivity index (χ4v) is 2.26. The number of nitrogens with zero attached hydrogens (tertiary/aromatic N) is 1.